The number of amidine groups is 1. The number of rotatable bonds is 6. The fourth-order valence-electron chi connectivity index (χ4n) is 3.25. The first-order valence-corrected chi connectivity index (χ1v) is 10.1. The van der Waals surface area contributed by atoms with E-state index >= 15 is 0 Å². The number of fused-ring (bicyclic) bond motifs is 1. The maximum absolute atomic E-state index is 12.7. The molecule has 0 bridgehead atoms. The highest BCUT2D eigenvalue weighted by Gasteiger charge is 2.29. The molecule has 1 heterocycles. The number of aliphatic imine (C=N–C) groups is 1. The quantitative estimate of drug-likeness (QED) is 0.311. The second-order valence-electron chi connectivity index (χ2n) is 7.15. The van der Waals surface area contributed by atoms with Gasteiger partial charge in [0.25, 0.3) is 0 Å². The van der Waals surface area contributed by atoms with Gasteiger partial charge in [0.15, 0.2) is 17.3 Å². The van der Waals surface area contributed by atoms with Crippen molar-refractivity contribution in [1.29, 1.82) is 0 Å². The van der Waals surface area contributed by atoms with Crippen LogP contribution in [0.15, 0.2) is 76.8 Å². The number of benzene rings is 3. The van der Waals surface area contributed by atoms with Crippen molar-refractivity contribution in [2.75, 3.05) is 19.2 Å². The number of nitrogens with one attached hydrogen (secondary N) is 2. The lowest BCUT2D eigenvalue weighted by Gasteiger charge is -2.13. The lowest BCUT2D eigenvalue weighted by atomic mass is 10.1. The molecule has 170 valence electrons. The number of nitrogens with zero attached hydrogens (tertiary/aromatic N) is 2. The van der Waals surface area contributed by atoms with E-state index in [4.69, 9.17) is 9.47 Å². The fraction of sp³-hybridized carbons (Fsp3) is 0.167. The number of halogens is 3. The molecule has 0 aliphatic carbocycles. The summed E-state index contributed by atoms with van der Waals surface area (Å²) in [5, 5.41) is 7.52. The summed E-state index contributed by atoms with van der Waals surface area (Å²) in [5.74, 6) is 1.96. The van der Waals surface area contributed by atoms with Crippen molar-refractivity contribution in [1.82, 2.24) is 5.43 Å². The third-order valence-corrected chi connectivity index (χ3v) is 4.95. The summed E-state index contributed by atoms with van der Waals surface area (Å²) in [5.41, 5.74) is 5.36. The van der Waals surface area contributed by atoms with Crippen LogP contribution in [-0.2, 0) is 12.7 Å². The molecule has 2 N–H and O–H groups in total. The van der Waals surface area contributed by atoms with Crippen LogP contribution in [0.25, 0.3) is 0 Å². The molecule has 0 atom stereocenters. The highest BCUT2D eigenvalue weighted by Crippen LogP contribution is 2.33. The largest absolute Gasteiger partial charge is 0.454 e. The van der Waals surface area contributed by atoms with E-state index in [2.05, 4.69) is 20.8 Å². The normalized spacial score (nSPS) is 13.4. The van der Waals surface area contributed by atoms with E-state index in [0.717, 1.165) is 40.4 Å². The topological polar surface area (TPSA) is 67.2 Å². The van der Waals surface area contributed by atoms with Gasteiger partial charge in [0.2, 0.25) is 6.79 Å². The molecule has 6 nitrogen and oxygen atoms in total. The predicted molar refractivity (Wildman–Crippen MR) is 121 cm³/mol. The zero-order chi connectivity index (χ0) is 23.3. The van der Waals surface area contributed by atoms with Crippen LogP contribution in [0.5, 0.6) is 11.5 Å². The van der Waals surface area contributed by atoms with Gasteiger partial charge in [-0.25, -0.2) is 0 Å². The van der Waals surface area contributed by atoms with E-state index in [1.165, 1.54) is 18.3 Å². The molecular formula is C24H21F3N4O2. The second kappa shape index (κ2) is 9.64. The first-order chi connectivity index (χ1) is 15.9. The summed E-state index contributed by atoms with van der Waals surface area (Å²) in [6.45, 7) is 0.781. The van der Waals surface area contributed by atoms with Crippen LogP contribution in [0, 0.1) is 0 Å². The van der Waals surface area contributed by atoms with Crippen LogP contribution in [0.3, 0.4) is 0 Å². The zero-order valence-electron chi connectivity index (χ0n) is 17.7. The van der Waals surface area contributed by atoms with E-state index < -0.39 is 11.7 Å². The first-order valence-electron chi connectivity index (χ1n) is 10.1. The number of alkyl halides is 3. The Hall–Kier alpha value is -4.01. The summed E-state index contributed by atoms with van der Waals surface area (Å²) in [4.78, 5) is 4.27. The Bertz CT molecular complexity index is 1180. The van der Waals surface area contributed by atoms with Crippen molar-refractivity contribution in [3.05, 3.63) is 89.0 Å². The molecule has 0 amide bonds. The molecule has 0 saturated carbocycles. The van der Waals surface area contributed by atoms with Crippen molar-refractivity contribution in [2.24, 2.45) is 10.1 Å². The highest BCUT2D eigenvalue weighted by atomic mass is 19.4. The minimum Gasteiger partial charge on any atom is -0.454 e. The Morgan fingerprint density at radius 2 is 1.76 bits per heavy atom. The average molecular weight is 454 g/mol. The molecule has 9 heteroatoms. The number of hydrogen-bond acceptors (Lipinski definition) is 5. The molecule has 0 fully saturated rings. The molecule has 3 aromatic carbocycles. The summed E-state index contributed by atoms with van der Waals surface area (Å²) in [6.07, 6.45) is -2.93. The van der Waals surface area contributed by atoms with Crippen LogP contribution < -0.4 is 20.2 Å². The fourth-order valence-corrected chi connectivity index (χ4v) is 3.25. The molecule has 33 heavy (non-hydrogen) atoms. The third kappa shape index (κ3) is 5.43. The van der Waals surface area contributed by atoms with E-state index in [9.17, 15) is 13.2 Å². The molecule has 0 unspecified atom stereocenters. The van der Waals surface area contributed by atoms with Crippen molar-refractivity contribution in [2.45, 2.75) is 12.7 Å². The molecule has 0 saturated heterocycles. The standard InChI is InChI=1S/C24H21F3N4O2/c1-28-23(31-30-14-16-6-9-18(10-7-16)24(25,26)27)19-4-2-3-5-20(19)29-13-17-8-11-21-22(12-17)33-15-32-21/h2-12,14,29H,13,15H2,1H3,(H,28,31)/b30-14+. The molecular weight excluding hydrogens is 433 g/mol. The number of para-hydroxylation sites is 1. The van der Waals surface area contributed by atoms with Crippen molar-refractivity contribution < 1.29 is 22.6 Å². The molecule has 4 rings (SSSR count). The lowest BCUT2D eigenvalue weighted by Crippen LogP contribution is -2.20. The molecule has 0 radical (unpaired) electrons. The van der Waals surface area contributed by atoms with Crippen molar-refractivity contribution in [3.8, 4) is 11.5 Å². The van der Waals surface area contributed by atoms with Crippen molar-refractivity contribution in [3.63, 3.8) is 0 Å². The molecule has 1 aliphatic heterocycles. The minimum atomic E-state index is -4.37. The smallest absolute Gasteiger partial charge is 0.416 e. The van der Waals surface area contributed by atoms with Crippen LogP contribution in [-0.4, -0.2) is 25.9 Å². The van der Waals surface area contributed by atoms with E-state index in [0.29, 0.717) is 17.9 Å². The Labute approximate surface area is 188 Å². The number of hydrazone groups is 1. The Morgan fingerprint density at radius 3 is 2.52 bits per heavy atom. The van der Waals surface area contributed by atoms with Crippen LogP contribution in [0.2, 0.25) is 0 Å². The van der Waals surface area contributed by atoms with Gasteiger partial charge in [-0.05, 0) is 47.5 Å². The van der Waals surface area contributed by atoms with E-state index in [1.54, 1.807) is 7.05 Å². The number of hydrogen-bond donors (Lipinski definition) is 2. The van der Waals surface area contributed by atoms with Gasteiger partial charge in [0.1, 0.15) is 0 Å². The van der Waals surface area contributed by atoms with E-state index in [-0.39, 0.29) is 6.79 Å². The number of ether oxygens (including phenoxy) is 2. The number of anilines is 1. The van der Waals surface area contributed by atoms with Crippen LogP contribution >= 0.6 is 0 Å². The summed E-state index contributed by atoms with van der Waals surface area (Å²) >= 11 is 0. The van der Waals surface area contributed by atoms with Gasteiger partial charge >= 0.3 is 6.18 Å². The van der Waals surface area contributed by atoms with Gasteiger partial charge in [0, 0.05) is 24.8 Å². The summed E-state index contributed by atoms with van der Waals surface area (Å²) in [7, 11) is 1.63. The Kier molecular flexibility index (Phi) is 6.48. The third-order valence-electron chi connectivity index (χ3n) is 4.95. The van der Waals surface area contributed by atoms with E-state index in [1.807, 2.05) is 42.5 Å². The molecule has 0 aromatic heterocycles. The molecule has 3 aromatic rings. The molecule has 1 aliphatic rings. The SMILES string of the molecule is CN=C(N/N=C/c1ccc(C(F)(F)F)cc1)c1ccccc1NCc1ccc2c(c1)OCO2. The van der Waals surface area contributed by atoms with Gasteiger partial charge in [0.05, 0.1) is 11.8 Å². The predicted octanol–water partition coefficient (Wildman–Crippen LogP) is 5.05. The van der Waals surface area contributed by atoms with Gasteiger partial charge in [-0.2, -0.15) is 18.3 Å². The lowest BCUT2D eigenvalue weighted by molar-refractivity contribution is -0.137. The first kappa shape index (κ1) is 22.2. The minimum absolute atomic E-state index is 0.226. The van der Waals surface area contributed by atoms with Crippen LogP contribution in [0.1, 0.15) is 22.3 Å². The van der Waals surface area contributed by atoms with Crippen LogP contribution in [0.4, 0.5) is 18.9 Å². The van der Waals surface area contributed by atoms with Gasteiger partial charge in [-0.1, -0.05) is 30.3 Å². The van der Waals surface area contributed by atoms with Gasteiger partial charge in [-0.15, -0.1) is 0 Å². The Morgan fingerprint density at radius 1 is 1.00 bits per heavy atom. The second-order valence-corrected chi connectivity index (χ2v) is 7.15. The summed E-state index contributed by atoms with van der Waals surface area (Å²) in [6, 6.07) is 18.1. The monoisotopic (exact) mass is 454 g/mol. The summed E-state index contributed by atoms with van der Waals surface area (Å²) < 4.78 is 48.9. The Balaban J connectivity index is 1.42. The van der Waals surface area contributed by atoms with Gasteiger partial charge < -0.3 is 14.8 Å². The average Bonchev–Trinajstić information content (AvgIpc) is 3.29. The maximum Gasteiger partial charge on any atom is 0.416 e. The zero-order valence-corrected chi connectivity index (χ0v) is 17.7. The molecule has 0 spiro atoms. The van der Waals surface area contributed by atoms with Crippen molar-refractivity contribution >= 4 is 17.7 Å². The highest BCUT2D eigenvalue weighted by molar-refractivity contribution is 6.03. The maximum atomic E-state index is 12.7. The van der Waals surface area contributed by atoms with Gasteiger partial charge in [-0.3, -0.25) is 10.4 Å².